The fourth-order valence-corrected chi connectivity index (χ4v) is 3.74. The first kappa shape index (κ1) is 23.1. The molecule has 2 aromatic carbocycles. The van der Waals surface area contributed by atoms with Crippen LogP contribution in [0.1, 0.15) is 56.2 Å². The molecule has 1 saturated carbocycles. The fraction of sp³-hybridized carbons (Fsp3) is 0.346. The number of benzene rings is 2. The summed E-state index contributed by atoms with van der Waals surface area (Å²) in [6, 6.07) is 18.7. The third kappa shape index (κ3) is 6.98. The molecule has 0 aromatic heterocycles. The molecule has 6 heteroatoms. The van der Waals surface area contributed by atoms with Gasteiger partial charge in [0, 0.05) is 6.04 Å². The Hall–Kier alpha value is -3.59. The number of nitrogens with zero attached hydrogens (tertiary/aromatic N) is 1. The Morgan fingerprint density at radius 1 is 1.09 bits per heavy atom. The quantitative estimate of drug-likeness (QED) is 0.482. The van der Waals surface area contributed by atoms with Gasteiger partial charge in [0.25, 0.3) is 11.8 Å². The van der Waals surface area contributed by atoms with Crippen LogP contribution >= 0.6 is 0 Å². The maximum atomic E-state index is 12.4. The van der Waals surface area contributed by atoms with E-state index in [1.54, 1.807) is 30.3 Å². The lowest BCUT2D eigenvalue weighted by Crippen LogP contribution is -2.36. The summed E-state index contributed by atoms with van der Waals surface area (Å²) in [7, 11) is 0. The monoisotopic (exact) mass is 431 g/mol. The van der Waals surface area contributed by atoms with Crippen molar-refractivity contribution in [3.63, 3.8) is 0 Å². The smallest absolute Gasteiger partial charge is 0.262 e. The van der Waals surface area contributed by atoms with Crippen LogP contribution in [0.3, 0.4) is 0 Å². The van der Waals surface area contributed by atoms with Crippen molar-refractivity contribution >= 4 is 17.9 Å². The molecule has 2 aromatic rings. The van der Waals surface area contributed by atoms with Crippen LogP contribution in [0.4, 0.5) is 0 Å². The van der Waals surface area contributed by atoms with Crippen molar-refractivity contribution in [2.45, 2.75) is 51.1 Å². The van der Waals surface area contributed by atoms with E-state index in [1.165, 1.54) is 6.42 Å². The highest BCUT2D eigenvalue weighted by Crippen LogP contribution is 2.19. The average molecular weight is 432 g/mol. The standard InChI is InChI=1S/C26H29N3O3/c1-19(21-8-4-2-5-9-21)28-25(30)18-32-24-14-12-20(13-15-24)16-22(17-27)26(31)29-23-10-6-3-7-11-23/h2,4-5,8-9,12-16,19,23H,3,6-7,10-11,18H2,1H3,(H,28,30)(H,29,31)/b22-16+/t19-/m0/s1. The minimum absolute atomic E-state index is 0.0820. The van der Waals surface area contributed by atoms with Crippen LogP contribution in [0.25, 0.3) is 6.08 Å². The van der Waals surface area contributed by atoms with Crippen molar-refractivity contribution in [3.05, 3.63) is 71.3 Å². The van der Waals surface area contributed by atoms with Crippen LogP contribution in [0, 0.1) is 11.3 Å². The lowest BCUT2D eigenvalue weighted by molar-refractivity contribution is -0.123. The zero-order chi connectivity index (χ0) is 22.8. The van der Waals surface area contributed by atoms with Crippen LogP contribution in [-0.4, -0.2) is 24.5 Å². The average Bonchev–Trinajstić information content (AvgIpc) is 2.83. The van der Waals surface area contributed by atoms with E-state index in [0.717, 1.165) is 36.8 Å². The highest BCUT2D eigenvalue weighted by atomic mass is 16.5. The summed E-state index contributed by atoms with van der Waals surface area (Å²) in [6.45, 7) is 1.82. The summed E-state index contributed by atoms with van der Waals surface area (Å²) in [5.74, 6) is -0.00441. The number of hydrogen-bond donors (Lipinski definition) is 2. The van der Waals surface area contributed by atoms with E-state index in [2.05, 4.69) is 10.6 Å². The molecular formula is C26H29N3O3. The van der Waals surface area contributed by atoms with Gasteiger partial charge in [-0.05, 0) is 49.1 Å². The number of nitrogens with one attached hydrogen (secondary N) is 2. The van der Waals surface area contributed by atoms with Gasteiger partial charge in [-0.1, -0.05) is 61.7 Å². The normalized spacial score (nSPS) is 15.3. The highest BCUT2D eigenvalue weighted by Gasteiger charge is 2.18. The second-order valence-corrected chi connectivity index (χ2v) is 8.04. The lowest BCUT2D eigenvalue weighted by atomic mass is 9.95. The minimum Gasteiger partial charge on any atom is -0.484 e. The zero-order valence-electron chi connectivity index (χ0n) is 18.3. The van der Waals surface area contributed by atoms with Crippen molar-refractivity contribution in [1.29, 1.82) is 5.26 Å². The number of ether oxygens (including phenoxy) is 1. The third-order valence-electron chi connectivity index (χ3n) is 5.54. The molecule has 1 aliphatic rings. The van der Waals surface area contributed by atoms with Crippen molar-refractivity contribution in [2.75, 3.05) is 6.61 Å². The molecule has 0 bridgehead atoms. The van der Waals surface area contributed by atoms with Crippen LogP contribution < -0.4 is 15.4 Å². The van der Waals surface area contributed by atoms with E-state index in [1.807, 2.05) is 43.3 Å². The van der Waals surface area contributed by atoms with Crippen molar-refractivity contribution in [3.8, 4) is 11.8 Å². The second kappa shape index (κ2) is 11.7. The van der Waals surface area contributed by atoms with Gasteiger partial charge in [-0.3, -0.25) is 9.59 Å². The molecule has 3 rings (SSSR count). The molecule has 0 aliphatic heterocycles. The Kier molecular flexibility index (Phi) is 8.44. The van der Waals surface area contributed by atoms with Gasteiger partial charge in [-0.2, -0.15) is 5.26 Å². The minimum atomic E-state index is -0.330. The Labute approximate surface area is 189 Å². The third-order valence-corrected chi connectivity index (χ3v) is 5.54. The summed E-state index contributed by atoms with van der Waals surface area (Å²) in [5.41, 5.74) is 1.83. The molecular weight excluding hydrogens is 402 g/mol. The summed E-state index contributed by atoms with van der Waals surface area (Å²) < 4.78 is 5.56. The van der Waals surface area contributed by atoms with Crippen molar-refractivity contribution in [2.24, 2.45) is 0 Å². The van der Waals surface area contributed by atoms with Crippen LogP contribution in [0.2, 0.25) is 0 Å². The van der Waals surface area contributed by atoms with Crippen molar-refractivity contribution in [1.82, 2.24) is 10.6 Å². The second-order valence-electron chi connectivity index (χ2n) is 8.04. The molecule has 6 nitrogen and oxygen atoms in total. The van der Waals surface area contributed by atoms with Crippen molar-refractivity contribution < 1.29 is 14.3 Å². The van der Waals surface area contributed by atoms with E-state index in [4.69, 9.17) is 4.74 Å². The van der Waals surface area contributed by atoms with Gasteiger partial charge in [0.05, 0.1) is 6.04 Å². The first-order chi connectivity index (χ1) is 15.5. The topological polar surface area (TPSA) is 91.2 Å². The van der Waals surface area contributed by atoms with Gasteiger partial charge in [-0.25, -0.2) is 0 Å². The number of rotatable bonds is 8. The van der Waals surface area contributed by atoms with Gasteiger partial charge >= 0.3 is 0 Å². The number of amides is 2. The molecule has 0 unspecified atom stereocenters. The Balaban J connectivity index is 1.50. The number of hydrogen-bond acceptors (Lipinski definition) is 4. The molecule has 0 saturated heterocycles. The molecule has 1 aliphatic carbocycles. The van der Waals surface area contributed by atoms with E-state index < -0.39 is 0 Å². The first-order valence-corrected chi connectivity index (χ1v) is 11.0. The Morgan fingerprint density at radius 2 is 1.78 bits per heavy atom. The molecule has 1 fully saturated rings. The summed E-state index contributed by atoms with van der Waals surface area (Å²) in [5, 5.41) is 15.3. The van der Waals surface area contributed by atoms with Crippen LogP contribution in [0.5, 0.6) is 5.75 Å². The van der Waals surface area contributed by atoms with Gasteiger partial charge in [0.1, 0.15) is 17.4 Å². The predicted molar refractivity (Wildman–Crippen MR) is 124 cm³/mol. The fourth-order valence-electron chi connectivity index (χ4n) is 3.74. The molecule has 32 heavy (non-hydrogen) atoms. The molecule has 2 amide bonds. The maximum absolute atomic E-state index is 12.4. The van der Waals surface area contributed by atoms with Gasteiger partial charge in [0.2, 0.25) is 0 Å². The Morgan fingerprint density at radius 3 is 2.44 bits per heavy atom. The van der Waals surface area contributed by atoms with Crippen LogP contribution in [-0.2, 0) is 9.59 Å². The zero-order valence-corrected chi connectivity index (χ0v) is 18.3. The van der Waals surface area contributed by atoms with E-state index in [0.29, 0.717) is 5.75 Å². The molecule has 0 radical (unpaired) electrons. The van der Waals surface area contributed by atoms with E-state index >= 15 is 0 Å². The van der Waals surface area contributed by atoms with Gasteiger partial charge < -0.3 is 15.4 Å². The van der Waals surface area contributed by atoms with E-state index in [9.17, 15) is 14.9 Å². The van der Waals surface area contributed by atoms with Gasteiger partial charge in [-0.15, -0.1) is 0 Å². The Bertz CT molecular complexity index is 972. The molecule has 1 atom stereocenters. The molecule has 0 spiro atoms. The first-order valence-electron chi connectivity index (χ1n) is 11.0. The number of nitriles is 1. The number of carbonyl (C=O) groups excluding carboxylic acids is 2. The van der Waals surface area contributed by atoms with Crippen LogP contribution in [0.15, 0.2) is 60.2 Å². The summed E-state index contributed by atoms with van der Waals surface area (Å²) >= 11 is 0. The predicted octanol–water partition coefficient (Wildman–Crippen LogP) is 4.30. The number of carbonyl (C=O) groups is 2. The molecule has 2 N–H and O–H groups in total. The van der Waals surface area contributed by atoms with E-state index in [-0.39, 0.29) is 36.1 Å². The summed E-state index contributed by atoms with van der Waals surface area (Å²) in [6.07, 6.45) is 6.93. The summed E-state index contributed by atoms with van der Waals surface area (Å²) in [4.78, 5) is 24.6. The highest BCUT2D eigenvalue weighted by molar-refractivity contribution is 6.01. The lowest BCUT2D eigenvalue weighted by Gasteiger charge is -2.22. The largest absolute Gasteiger partial charge is 0.484 e. The molecule has 0 heterocycles. The maximum Gasteiger partial charge on any atom is 0.262 e. The SMILES string of the molecule is C[C@H](NC(=O)COc1ccc(/C=C(\C#N)C(=O)NC2CCCCC2)cc1)c1ccccc1. The van der Waals surface area contributed by atoms with Gasteiger partial charge in [0.15, 0.2) is 6.61 Å². The molecule has 166 valence electrons.